The highest BCUT2D eigenvalue weighted by molar-refractivity contribution is 5.96. The van der Waals surface area contributed by atoms with Gasteiger partial charge in [0.2, 0.25) is 5.82 Å². The molecule has 3 aromatic heterocycles. The van der Waals surface area contributed by atoms with E-state index in [1.54, 1.807) is 18.3 Å². The van der Waals surface area contributed by atoms with Gasteiger partial charge in [-0.3, -0.25) is 9.78 Å². The Kier molecular flexibility index (Phi) is 5.46. The Hall–Kier alpha value is -2.96. The summed E-state index contributed by atoms with van der Waals surface area (Å²) in [6.07, 6.45) is 4.64. The van der Waals surface area contributed by atoms with Crippen molar-refractivity contribution in [2.75, 3.05) is 18.8 Å². The van der Waals surface area contributed by atoms with Gasteiger partial charge in [0.05, 0.1) is 0 Å². The molecular weight excluding hydrogens is 328 g/mol. The minimum atomic E-state index is -0.0168. The zero-order chi connectivity index (χ0) is 18.5. The monoisotopic (exact) mass is 352 g/mol. The van der Waals surface area contributed by atoms with Crippen LogP contribution in [-0.2, 0) is 0 Å². The van der Waals surface area contributed by atoms with Gasteiger partial charge in [0.25, 0.3) is 5.91 Å². The Labute approximate surface area is 152 Å². The van der Waals surface area contributed by atoms with Crippen molar-refractivity contribution in [2.45, 2.75) is 33.1 Å². The first-order valence-electron chi connectivity index (χ1n) is 9.01. The first-order chi connectivity index (χ1) is 12.6. The lowest BCUT2D eigenvalue weighted by atomic mass is 10.2. The molecule has 2 N–H and O–H groups in total. The average Bonchev–Trinajstić information content (AvgIpc) is 3.10. The van der Waals surface area contributed by atoms with Crippen LogP contribution in [0.25, 0.3) is 17.2 Å². The lowest BCUT2D eigenvalue weighted by Crippen LogP contribution is -2.32. The summed E-state index contributed by atoms with van der Waals surface area (Å²) in [6.45, 7) is 5.67. The number of unbranched alkanes of at least 4 members (excludes halogenated alkanes) is 1. The second-order valence-corrected chi connectivity index (χ2v) is 6.24. The standard InChI is InChI=1S/C19H24N6O/c1-3-5-11-24(10-4-2)19(26)14-12-16(20)25-17(13-14)22-18(23-25)15-8-6-7-9-21-15/h6-9,12-13H,3-5,10-11,20H2,1-2H3. The minimum Gasteiger partial charge on any atom is -0.384 e. The van der Waals surface area contributed by atoms with Crippen LogP contribution in [0.5, 0.6) is 0 Å². The topological polar surface area (TPSA) is 89.4 Å². The molecule has 3 aromatic rings. The summed E-state index contributed by atoms with van der Waals surface area (Å²) in [5, 5.41) is 4.41. The van der Waals surface area contributed by atoms with Gasteiger partial charge in [0, 0.05) is 24.8 Å². The molecule has 0 aliphatic heterocycles. The minimum absolute atomic E-state index is 0.0168. The van der Waals surface area contributed by atoms with Crippen LogP contribution < -0.4 is 5.73 Å². The summed E-state index contributed by atoms with van der Waals surface area (Å²) >= 11 is 0. The van der Waals surface area contributed by atoms with Crippen LogP contribution in [0.4, 0.5) is 5.82 Å². The molecule has 0 aromatic carbocycles. The molecule has 0 aliphatic rings. The highest BCUT2D eigenvalue weighted by Gasteiger charge is 2.18. The zero-order valence-electron chi connectivity index (χ0n) is 15.2. The Bertz CT molecular complexity index is 890. The van der Waals surface area contributed by atoms with E-state index in [9.17, 15) is 4.79 Å². The largest absolute Gasteiger partial charge is 0.384 e. The van der Waals surface area contributed by atoms with Crippen LogP contribution in [0, 0.1) is 0 Å². The molecule has 3 rings (SSSR count). The van der Waals surface area contributed by atoms with Crippen molar-refractivity contribution in [1.29, 1.82) is 0 Å². The number of hydrogen-bond donors (Lipinski definition) is 1. The van der Waals surface area contributed by atoms with E-state index in [0.29, 0.717) is 28.5 Å². The Morgan fingerprint density at radius 1 is 1.19 bits per heavy atom. The van der Waals surface area contributed by atoms with E-state index >= 15 is 0 Å². The molecule has 0 saturated carbocycles. The number of carbonyl (C=O) groups is 1. The molecule has 0 atom stereocenters. The number of aromatic nitrogens is 4. The van der Waals surface area contributed by atoms with Crippen LogP contribution in [0.3, 0.4) is 0 Å². The third kappa shape index (κ3) is 3.66. The predicted molar refractivity (Wildman–Crippen MR) is 102 cm³/mol. The molecule has 0 fully saturated rings. The molecule has 0 unspecified atom stereocenters. The van der Waals surface area contributed by atoms with Crippen molar-refractivity contribution >= 4 is 17.4 Å². The fourth-order valence-corrected chi connectivity index (χ4v) is 2.85. The normalized spacial score (nSPS) is 11.0. The highest BCUT2D eigenvalue weighted by Crippen LogP contribution is 2.19. The van der Waals surface area contributed by atoms with E-state index in [1.807, 2.05) is 23.1 Å². The molecule has 7 nitrogen and oxygen atoms in total. The number of hydrogen-bond acceptors (Lipinski definition) is 5. The maximum Gasteiger partial charge on any atom is 0.254 e. The number of anilines is 1. The highest BCUT2D eigenvalue weighted by atomic mass is 16.2. The Morgan fingerprint density at radius 2 is 2.04 bits per heavy atom. The molecule has 0 aliphatic carbocycles. The van der Waals surface area contributed by atoms with Gasteiger partial charge >= 0.3 is 0 Å². The van der Waals surface area contributed by atoms with Crippen LogP contribution in [0.15, 0.2) is 36.5 Å². The summed E-state index contributed by atoms with van der Waals surface area (Å²) in [7, 11) is 0. The van der Waals surface area contributed by atoms with Gasteiger partial charge in [-0.15, -0.1) is 5.10 Å². The summed E-state index contributed by atoms with van der Waals surface area (Å²) in [6, 6.07) is 8.96. The van der Waals surface area contributed by atoms with Crippen molar-refractivity contribution in [3.05, 3.63) is 42.1 Å². The summed E-state index contributed by atoms with van der Waals surface area (Å²) < 4.78 is 1.54. The number of rotatable bonds is 7. The molecule has 0 saturated heterocycles. The molecule has 1 amide bonds. The summed E-state index contributed by atoms with van der Waals surface area (Å²) in [4.78, 5) is 23.6. The molecule has 0 radical (unpaired) electrons. The van der Waals surface area contributed by atoms with Gasteiger partial charge in [-0.25, -0.2) is 4.98 Å². The van der Waals surface area contributed by atoms with Crippen molar-refractivity contribution in [3.8, 4) is 11.5 Å². The maximum atomic E-state index is 12.9. The lowest BCUT2D eigenvalue weighted by molar-refractivity contribution is 0.0753. The summed E-state index contributed by atoms with van der Waals surface area (Å²) in [5.74, 6) is 0.850. The van der Waals surface area contributed by atoms with Crippen molar-refractivity contribution in [1.82, 2.24) is 24.5 Å². The number of nitrogens with zero attached hydrogens (tertiary/aromatic N) is 5. The van der Waals surface area contributed by atoms with Crippen LogP contribution in [0.2, 0.25) is 0 Å². The van der Waals surface area contributed by atoms with Gasteiger partial charge in [0.1, 0.15) is 11.5 Å². The van der Waals surface area contributed by atoms with Crippen molar-refractivity contribution < 1.29 is 4.79 Å². The van der Waals surface area contributed by atoms with E-state index in [-0.39, 0.29) is 5.91 Å². The first-order valence-corrected chi connectivity index (χ1v) is 9.01. The number of nitrogen functional groups attached to an aromatic ring is 1. The Balaban J connectivity index is 1.96. The number of nitrogens with two attached hydrogens (primary N) is 1. The van der Waals surface area contributed by atoms with Crippen molar-refractivity contribution in [2.24, 2.45) is 0 Å². The third-order valence-corrected chi connectivity index (χ3v) is 4.17. The van der Waals surface area contributed by atoms with E-state index in [2.05, 4.69) is 28.9 Å². The lowest BCUT2D eigenvalue weighted by Gasteiger charge is -2.22. The number of pyridine rings is 2. The average molecular weight is 352 g/mol. The van der Waals surface area contributed by atoms with E-state index in [1.165, 1.54) is 4.52 Å². The van der Waals surface area contributed by atoms with E-state index in [0.717, 1.165) is 32.4 Å². The third-order valence-electron chi connectivity index (χ3n) is 4.17. The first kappa shape index (κ1) is 17.8. The fourth-order valence-electron chi connectivity index (χ4n) is 2.85. The quantitative estimate of drug-likeness (QED) is 0.706. The smallest absolute Gasteiger partial charge is 0.254 e. The van der Waals surface area contributed by atoms with Gasteiger partial charge in [0.15, 0.2) is 5.65 Å². The van der Waals surface area contributed by atoms with Crippen LogP contribution >= 0.6 is 0 Å². The molecule has 26 heavy (non-hydrogen) atoms. The van der Waals surface area contributed by atoms with Gasteiger partial charge in [-0.05, 0) is 37.1 Å². The summed E-state index contributed by atoms with van der Waals surface area (Å²) in [5.41, 5.74) is 7.88. The number of amides is 1. The molecule has 3 heterocycles. The molecule has 7 heteroatoms. The second-order valence-electron chi connectivity index (χ2n) is 6.24. The number of carbonyl (C=O) groups excluding carboxylic acids is 1. The molecule has 136 valence electrons. The van der Waals surface area contributed by atoms with Gasteiger partial charge < -0.3 is 10.6 Å². The van der Waals surface area contributed by atoms with Crippen molar-refractivity contribution in [3.63, 3.8) is 0 Å². The molecular formula is C19H24N6O. The van der Waals surface area contributed by atoms with Crippen LogP contribution in [0.1, 0.15) is 43.5 Å². The molecule has 0 spiro atoms. The second kappa shape index (κ2) is 7.95. The zero-order valence-corrected chi connectivity index (χ0v) is 15.2. The van der Waals surface area contributed by atoms with Gasteiger partial charge in [-0.2, -0.15) is 4.52 Å². The fraction of sp³-hybridized carbons (Fsp3) is 0.368. The number of fused-ring (bicyclic) bond motifs is 1. The Morgan fingerprint density at radius 3 is 2.73 bits per heavy atom. The predicted octanol–water partition coefficient (Wildman–Crippen LogP) is 3.03. The molecule has 0 bridgehead atoms. The maximum absolute atomic E-state index is 12.9. The van der Waals surface area contributed by atoms with Crippen LogP contribution in [-0.4, -0.2) is 43.5 Å². The van der Waals surface area contributed by atoms with E-state index < -0.39 is 0 Å². The van der Waals surface area contributed by atoms with Gasteiger partial charge in [-0.1, -0.05) is 26.3 Å². The SMILES string of the molecule is CCCCN(CCC)C(=O)c1cc(N)n2nc(-c3ccccn3)nc2c1. The van der Waals surface area contributed by atoms with E-state index in [4.69, 9.17) is 5.73 Å².